The SMILES string of the molecule is CC(C)CC(NC(=O)C(Cc1c[nH]c2ccccc12)NC(=O)C(CCC(=O)O)NC(=O)C(N)C(C)C)C(=O)O. The second kappa shape index (κ2) is 14.3. The van der Waals surface area contributed by atoms with Gasteiger partial charge in [0, 0.05) is 29.9 Å². The number of para-hydroxylation sites is 1. The highest BCUT2D eigenvalue weighted by molar-refractivity contribution is 5.95. The lowest BCUT2D eigenvalue weighted by molar-refractivity contribution is -0.142. The van der Waals surface area contributed by atoms with Crippen LogP contribution in [0, 0.1) is 11.8 Å². The molecular weight excluding hydrogens is 506 g/mol. The molecule has 214 valence electrons. The molecule has 1 aromatic heterocycles. The van der Waals surface area contributed by atoms with Crippen molar-refractivity contribution in [2.24, 2.45) is 17.6 Å². The summed E-state index contributed by atoms with van der Waals surface area (Å²) in [5, 5.41) is 27.2. The van der Waals surface area contributed by atoms with Crippen LogP contribution in [0.25, 0.3) is 10.9 Å². The third-order valence-electron chi connectivity index (χ3n) is 6.35. The fourth-order valence-corrected chi connectivity index (χ4v) is 4.07. The lowest BCUT2D eigenvalue weighted by Crippen LogP contribution is -2.58. The molecule has 0 aliphatic heterocycles. The first-order chi connectivity index (χ1) is 18.3. The van der Waals surface area contributed by atoms with Gasteiger partial charge in [0.25, 0.3) is 0 Å². The predicted molar refractivity (Wildman–Crippen MR) is 145 cm³/mol. The van der Waals surface area contributed by atoms with Crippen molar-refractivity contribution >= 4 is 40.6 Å². The predicted octanol–water partition coefficient (Wildman–Crippen LogP) is 1.14. The molecule has 1 aromatic carbocycles. The Balaban J connectivity index is 2.35. The van der Waals surface area contributed by atoms with Gasteiger partial charge in [0.2, 0.25) is 17.7 Å². The molecule has 0 bridgehead atoms. The van der Waals surface area contributed by atoms with Crippen LogP contribution in [0.2, 0.25) is 0 Å². The molecule has 1 heterocycles. The van der Waals surface area contributed by atoms with Crippen molar-refractivity contribution in [2.75, 3.05) is 0 Å². The Morgan fingerprint density at radius 2 is 1.46 bits per heavy atom. The third-order valence-corrected chi connectivity index (χ3v) is 6.35. The number of nitrogens with one attached hydrogen (secondary N) is 4. The first kappa shape index (κ1) is 31.3. The summed E-state index contributed by atoms with van der Waals surface area (Å²) in [5.74, 6) is -4.75. The molecule has 0 fully saturated rings. The van der Waals surface area contributed by atoms with Crippen molar-refractivity contribution in [1.82, 2.24) is 20.9 Å². The molecule has 4 atom stereocenters. The maximum atomic E-state index is 13.3. The highest BCUT2D eigenvalue weighted by atomic mass is 16.4. The molecule has 0 spiro atoms. The lowest BCUT2D eigenvalue weighted by Gasteiger charge is -2.26. The molecule has 2 rings (SSSR count). The van der Waals surface area contributed by atoms with E-state index in [0.29, 0.717) is 5.56 Å². The highest BCUT2D eigenvalue weighted by Gasteiger charge is 2.31. The van der Waals surface area contributed by atoms with Gasteiger partial charge in [-0.15, -0.1) is 0 Å². The summed E-state index contributed by atoms with van der Waals surface area (Å²) in [6, 6.07) is 2.78. The van der Waals surface area contributed by atoms with E-state index in [4.69, 9.17) is 10.8 Å². The van der Waals surface area contributed by atoms with E-state index < -0.39 is 60.2 Å². The van der Waals surface area contributed by atoms with Gasteiger partial charge in [-0.05, 0) is 36.3 Å². The van der Waals surface area contributed by atoms with Crippen LogP contribution in [0.4, 0.5) is 0 Å². The van der Waals surface area contributed by atoms with Crippen LogP contribution in [0.3, 0.4) is 0 Å². The Kier molecular flexibility index (Phi) is 11.5. The van der Waals surface area contributed by atoms with E-state index in [9.17, 15) is 29.1 Å². The summed E-state index contributed by atoms with van der Waals surface area (Å²) in [7, 11) is 0. The maximum absolute atomic E-state index is 13.3. The first-order valence-electron chi connectivity index (χ1n) is 13.0. The molecule has 4 unspecified atom stereocenters. The van der Waals surface area contributed by atoms with E-state index in [2.05, 4.69) is 20.9 Å². The minimum absolute atomic E-state index is 0.0146. The topological polar surface area (TPSA) is 204 Å². The van der Waals surface area contributed by atoms with Gasteiger partial charge in [-0.25, -0.2) is 4.79 Å². The molecule has 12 nitrogen and oxygen atoms in total. The quantitative estimate of drug-likeness (QED) is 0.172. The number of fused-ring (bicyclic) bond motifs is 1. The number of H-pyrrole nitrogens is 1. The molecule has 0 radical (unpaired) electrons. The number of rotatable bonds is 15. The van der Waals surface area contributed by atoms with Gasteiger partial charge in [-0.3, -0.25) is 19.2 Å². The van der Waals surface area contributed by atoms with Gasteiger partial charge < -0.3 is 36.9 Å². The number of aromatic nitrogens is 1. The smallest absolute Gasteiger partial charge is 0.326 e. The fraction of sp³-hybridized carbons (Fsp3) is 0.519. The van der Waals surface area contributed by atoms with Crippen molar-refractivity contribution < 1.29 is 34.2 Å². The second-order valence-corrected chi connectivity index (χ2v) is 10.4. The molecule has 0 saturated heterocycles. The van der Waals surface area contributed by atoms with Crippen molar-refractivity contribution in [3.05, 3.63) is 36.0 Å². The zero-order valence-corrected chi connectivity index (χ0v) is 22.7. The fourth-order valence-electron chi connectivity index (χ4n) is 4.07. The molecule has 2 aromatic rings. The monoisotopic (exact) mass is 545 g/mol. The molecule has 3 amide bonds. The van der Waals surface area contributed by atoms with Crippen molar-refractivity contribution in [2.45, 2.75) is 77.5 Å². The average molecular weight is 546 g/mol. The van der Waals surface area contributed by atoms with Gasteiger partial charge in [-0.1, -0.05) is 45.9 Å². The summed E-state index contributed by atoms with van der Waals surface area (Å²) in [5.41, 5.74) is 7.42. The molecule has 39 heavy (non-hydrogen) atoms. The summed E-state index contributed by atoms with van der Waals surface area (Å²) in [6.07, 6.45) is 1.25. The lowest BCUT2D eigenvalue weighted by atomic mass is 10.0. The number of aromatic amines is 1. The van der Waals surface area contributed by atoms with E-state index in [-0.39, 0.29) is 31.1 Å². The number of hydrogen-bond donors (Lipinski definition) is 7. The van der Waals surface area contributed by atoms with Gasteiger partial charge in [-0.2, -0.15) is 0 Å². The van der Waals surface area contributed by atoms with E-state index in [1.807, 2.05) is 38.1 Å². The van der Waals surface area contributed by atoms with Gasteiger partial charge in [0.1, 0.15) is 18.1 Å². The molecular formula is C27H39N5O7. The molecule has 0 aliphatic rings. The normalized spacial score (nSPS) is 14.4. The highest BCUT2D eigenvalue weighted by Crippen LogP contribution is 2.19. The van der Waals surface area contributed by atoms with E-state index in [0.717, 1.165) is 10.9 Å². The van der Waals surface area contributed by atoms with Gasteiger partial charge >= 0.3 is 11.9 Å². The van der Waals surface area contributed by atoms with Crippen LogP contribution in [0.1, 0.15) is 52.5 Å². The number of carboxylic acids is 2. The van der Waals surface area contributed by atoms with Crippen LogP contribution in [0.5, 0.6) is 0 Å². The Morgan fingerprint density at radius 1 is 0.872 bits per heavy atom. The number of carbonyl (C=O) groups excluding carboxylic acids is 3. The zero-order valence-electron chi connectivity index (χ0n) is 22.7. The van der Waals surface area contributed by atoms with Crippen LogP contribution in [0.15, 0.2) is 30.5 Å². The maximum Gasteiger partial charge on any atom is 0.326 e. The number of nitrogens with two attached hydrogens (primary N) is 1. The molecule has 12 heteroatoms. The molecule has 8 N–H and O–H groups in total. The number of aliphatic carboxylic acids is 2. The minimum atomic E-state index is -1.28. The number of hydrogen-bond acceptors (Lipinski definition) is 6. The van der Waals surface area contributed by atoms with Crippen LogP contribution < -0.4 is 21.7 Å². The van der Waals surface area contributed by atoms with E-state index in [1.54, 1.807) is 20.0 Å². The van der Waals surface area contributed by atoms with Crippen molar-refractivity contribution in [3.63, 3.8) is 0 Å². The Bertz CT molecular complexity index is 1180. The zero-order chi connectivity index (χ0) is 29.3. The second-order valence-electron chi connectivity index (χ2n) is 10.4. The van der Waals surface area contributed by atoms with Gasteiger partial charge in [0.05, 0.1) is 6.04 Å². The van der Waals surface area contributed by atoms with Crippen molar-refractivity contribution in [1.29, 1.82) is 0 Å². The Hall–Kier alpha value is -3.93. The summed E-state index contributed by atoms with van der Waals surface area (Å²) >= 11 is 0. The van der Waals surface area contributed by atoms with E-state index >= 15 is 0 Å². The van der Waals surface area contributed by atoms with Crippen LogP contribution >= 0.6 is 0 Å². The first-order valence-corrected chi connectivity index (χ1v) is 13.0. The largest absolute Gasteiger partial charge is 0.481 e. The third kappa shape index (κ3) is 9.40. The van der Waals surface area contributed by atoms with Gasteiger partial charge in [0.15, 0.2) is 0 Å². The number of carbonyl (C=O) groups is 5. The van der Waals surface area contributed by atoms with Crippen molar-refractivity contribution in [3.8, 4) is 0 Å². The molecule has 0 aliphatic carbocycles. The minimum Gasteiger partial charge on any atom is -0.481 e. The number of amides is 3. The van der Waals surface area contributed by atoms with Crippen LogP contribution in [-0.4, -0.2) is 69.0 Å². The number of carboxylic acid groups (broad SMARTS) is 2. The Labute approximate surface area is 227 Å². The summed E-state index contributed by atoms with van der Waals surface area (Å²) in [6.45, 7) is 7.11. The number of benzene rings is 1. The molecule has 0 saturated carbocycles. The standard InChI is InChI=1S/C27H39N5O7/c1-14(2)11-21(27(38)39)32-25(36)20(12-16-13-29-18-8-6-5-7-17(16)18)31-24(35)19(9-10-22(33)34)30-26(37)23(28)15(3)4/h5-8,13-15,19-21,23,29H,9-12,28H2,1-4H3,(H,30,37)(H,31,35)(H,32,36)(H,33,34)(H,38,39). The summed E-state index contributed by atoms with van der Waals surface area (Å²) < 4.78 is 0. The Morgan fingerprint density at radius 3 is 2.05 bits per heavy atom. The average Bonchev–Trinajstić information content (AvgIpc) is 3.27. The summed E-state index contributed by atoms with van der Waals surface area (Å²) in [4.78, 5) is 65.3. The van der Waals surface area contributed by atoms with Crippen LogP contribution in [-0.2, 0) is 30.4 Å². The van der Waals surface area contributed by atoms with E-state index in [1.165, 1.54) is 0 Å².